The topological polar surface area (TPSA) is 92.7 Å². The molecule has 198 valence electrons. The molecular formula is C29H32N4O5. The molecular weight excluding hydrogens is 484 g/mol. The van der Waals surface area contributed by atoms with Crippen molar-refractivity contribution in [1.29, 1.82) is 0 Å². The summed E-state index contributed by atoms with van der Waals surface area (Å²) < 4.78 is 15.9. The van der Waals surface area contributed by atoms with Gasteiger partial charge in [-0.15, -0.1) is 0 Å². The van der Waals surface area contributed by atoms with Gasteiger partial charge in [-0.3, -0.25) is 4.79 Å². The quantitative estimate of drug-likeness (QED) is 0.426. The van der Waals surface area contributed by atoms with Gasteiger partial charge >= 0.3 is 6.03 Å². The second kappa shape index (κ2) is 12.7. The van der Waals surface area contributed by atoms with Crippen molar-refractivity contribution in [3.8, 4) is 11.5 Å². The number of carbonyl (C=O) groups is 2. The standard InChI is InChI=1S/C29H32N4O5/c1-36-17-16-32(29(35)30-24-14-7-8-15-27(24)38-3)20-28(34)33-26(21-10-5-4-6-11-21)19-25(31-33)22-12-9-13-23(18-22)37-2/h4-15,18,26H,16-17,19-20H2,1-3H3,(H,30,35)/t26-/m0/s1. The fraction of sp³-hybridized carbons (Fsp3) is 0.276. The average molecular weight is 517 g/mol. The summed E-state index contributed by atoms with van der Waals surface area (Å²) in [6, 6.07) is 23.7. The molecule has 0 bridgehead atoms. The number of amides is 3. The molecule has 0 saturated carbocycles. The number of ether oxygens (including phenoxy) is 3. The first-order chi connectivity index (χ1) is 18.5. The van der Waals surface area contributed by atoms with Crippen molar-refractivity contribution in [2.45, 2.75) is 12.5 Å². The minimum absolute atomic E-state index is 0.178. The molecule has 1 N–H and O–H groups in total. The number of hydrogen-bond donors (Lipinski definition) is 1. The zero-order valence-corrected chi connectivity index (χ0v) is 21.8. The van der Waals surface area contributed by atoms with Gasteiger partial charge in [0.2, 0.25) is 0 Å². The molecule has 4 rings (SSSR count). The molecule has 9 heteroatoms. The number of hydrogen-bond acceptors (Lipinski definition) is 6. The number of benzene rings is 3. The summed E-state index contributed by atoms with van der Waals surface area (Å²) in [5.74, 6) is 0.933. The van der Waals surface area contributed by atoms with E-state index in [1.165, 1.54) is 17.0 Å². The van der Waals surface area contributed by atoms with Crippen molar-refractivity contribution in [3.05, 3.63) is 90.0 Å². The van der Waals surface area contributed by atoms with E-state index in [9.17, 15) is 9.59 Å². The summed E-state index contributed by atoms with van der Waals surface area (Å²) in [6.07, 6.45) is 0.536. The fourth-order valence-electron chi connectivity index (χ4n) is 4.28. The lowest BCUT2D eigenvalue weighted by atomic mass is 9.98. The van der Waals surface area contributed by atoms with E-state index in [1.54, 1.807) is 32.4 Å². The minimum Gasteiger partial charge on any atom is -0.497 e. The second-order valence-electron chi connectivity index (χ2n) is 8.69. The third-order valence-corrected chi connectivity index (χ3v) is 6.28. The Labute approximate surface area is 222 Å². The fourth-order valence-corrected chi connectivity index (χ4v) is 4.28. The predicted molar refractivity (Wildman–Crippen MR) is 146 cm³/mol. The van der Waals surface area contributed by atoms with E-state index in [2.05, 4.69) is 5.32 Å². The summed E-state index contributed by atoms with van der Waals surface area (Å²) >= 11 is 0. The molecule has 9 nitrogen and oxygen atoms in total. The van der Waals surface area contributed by atoms with E-state index in [0.717, 1.165) is 16.8 Å². The molecule has 3 amide bonds. The number of methoxy groups -OCH3 is 3. The Hall–Kier alpha value is -4.37. The molecule has 3 aromatic rings. The first-order valence-corrected chi connectivity index (χ1v) is 12.3. The maximum Gasteiger partial charge on any atom is 0.322 e. The van der Waals surface area contributed by atoms with E-state index in [1.807, 2.05) is 60.7 Å². The lowest BCUT2D eigenvalue weighted by Gasteiger charge is -2.27. The highest BCUT2D eigenvalue weighted by molar-refractivity contribution is 6.04. The number of anilines is 1. The Morgan fingerprint density at radius 3 is 2.47 bits per heavy atom. The molecule has 0 aromatic heterocycles. The van der Waals surface area contributed by atoms with Crippen LogP contribution in [0.3, 0.4) is 0 Å². The molecule has 0 aliphatic carbocycles. The zero-order valence-electron chi connectivity index (χ0n) is 21.8. The normalized spacial score (nSPS) is 14.6. The molecule has 1 aliphatic rings. The summed E-state index contributed by atoms with van der Waals surface area (Å²) in [5, 5.41) is 9.06. The lowest BCUT2D eigenvalue weighted by molar-refractivity contribution is -0.133. The van der Waals surface area contributed by atoms with Crippen LogP contribution in [-0.2, 0) is 9.53 Å². The molecule has 1 atom stereocenters. The van der Waals surface area contributed by atoms with Crippen LogP contribution in [0.1, 0.15) is 23.6 Å². The number of hydrazone groups is 1. The molecule has 38 heavy (non-hydrogen) atoms. The number of urea groups is 1. The first kappa shape index (κ1) is 26.7. The monoisotopic (exact) mass is 516 g/mol. The van der Waals surface area contributed by atoms with Crippen LogP contribution in [0.5, 0.6) is 11.5 Å². The van der Waals surface area contributed by atoms with Gasteiger partial charge in [-0.1, -0.05) is 54.6 Å². The number of carbonyl (C=O) groups excluding carboxylic acids is 2. The van der Waals surface area contributed by atoms with Crippen molar-refractivity contribution in [2.24, 2.45) is 5.10 Å². The van der Waals surface area contributed by atoms with Crippen LogP contribution < -0.4 is 14.8 Å². The maximum absolute atomic E-state index is 13.7. The van der Waals surface area contributed by atoms with Gasteiger partial charge in [0.25, 0.3) is 5.91 Å². The third-order valence-electron chi connectivity index (χ3n) is 6.28. The van der Waals surface area contributed by atoms with Gasteiger partial charge in [0.05, 0.1) is 38.3 Å². The summed E-state index contributed by atoms with van der Waals surface area (Å²) in [6.45, 7) is 0.315. The van der Waals surface area contributed by atoms with E-state index in [4.69, 9.17) is 19.3 Å². The number of nitrogens with zero attached hydrogens (tertiary/aromatic N) is 3. The van der Waals surface area contributed by atoms with Crippen LogP contribution in [0.25, 0.3) is 0 Å². The highest BCUT2D eigenvalue weighted by Crippen LogP contribution is 2.33. The van der Waals surface area contributed by atoms with Crippen LogP contribution in [0, 0.1) is 0 Å². The lowest BCUT2D eigenvalue weighted by Crippen LogP contribution is -2.44. The van der Waals surface area contributed by atoms with E-state index < -0.39 is 6.03 Å². The molecule has 3 aromatic carbocycles. The van der Waals surface area contributed by atoms with Gasteiger partial charge < -0.3 is 24.4 Å². The molecule has 0 unspecified atom stereocenters. The van der Waals surface area contributed by atoms with Crippen molar-refractivity contribution >= 4 is 23.3 Å². The van der Waals surface area contributed by atoms with Crippen LogP contribution in [0.15, 0.2) is 84.0 Å². The maximum atomic E-state index is 13.7. The first-order valence-electron chi connectivity index (χ1n) is 12.3. The summed E-state index contributed by atoms with van der Waals surface area (Å²) in [5.41, 5.74) is 3.12. The van der Waals surface area contributed by atoms with Crippen molar-refractivity contribution in [2.75, 3.05) is 46.3 Å². The Morgan fingerprint density at radius 1 is 0.974 bits per heavy atom. The molecule has 0 spiro atoms. The number of para-hydroxylation sites is 2. The van der Waals surface area contributed by atoms with Gasteiger partial charge in [-0.25, -0.2) is 9.80 Å². The smallest absolute Gasteiger partial charge is 0.322 e. The van der Waals surface area contributed by atoms with Crippen molar-refractivity contribution in [3.63, 3.8) is 0 Å². The Balaban J connectivity index is 1.59. The van der Waals surface area contributed by atoms with E-state index >= 15 is 0 Å². The second-order valence-corrected chi connectivity index (χ2v) is 8.69. The van der Waals surface area contributed by atoms with Crippen molar-refractivity contribution < 1.29 is 23.8 Å². The number of rotatable bonds is 10. The zero-order chi connectivity index (χ0) is 26.9. The van der Waals surface area contributed by atoms with Gasteiger partial charge in [-0.05, 0) is 29.8 Å². The highest BCUT2D eigenvalue weighted by atomic mass is 16.5. The average Bonchev–Trinajstić information content (AvgIpc) is 3.42. The third kappa shape index (κ3) is 6.30. The van der Waals surface area contributed by atoms with Crippen LogP contribution in [-0.4, -0.2) is 68.6 Å². The van der Waals surface area contributed by atoms with E-state index in [0.29, 0.717) is 23.6 Å². The van der Waals surface area contributed by atoms with Crippen LogP contribution in [0.4, 0.5) is 10.5 Å². The SMILES string of the molecule is COCCN(CC(=O)N1N=C(c2cccc(OC)c2)C[C@H]1c1ccccc1)C(=O)Nc1ccccc1OC. The van der Waals surface area contributed by atoms with E-state index in [-0.39, 0.29) is 31.6 Å². The van der Waals surface area contributed by atoms with Gasteiger partial charge in [-0.2, -0.15) is 5.10 Å². The predicted octanol–water partition coefficient (Wildman–Crippen LogP) is 4.56. The number of nitrogens with one attached hydrogen (secondary N) is 1. The van der Waals surface area contributed by atoms with Gasteiger partial charge in [0.1, 0.15) is 18.0 Å². The Morgan fingerprint density at radius 2 is 1.74 bits per heavy atom. The van der Waals surface area contributed by atoms with Crippen LogP contribution in [0.2, 0.25) is 0 Å². The van der Waals surface area contributed by atoms with Gasteiger partial charge in [0, 0.05) is 25.6 Å². The van der Waals surface area contributed by atoms with Crippen LogP contribution >= 0.6 is 0 Å². The summed E-state index contributed by atoms with van der Waals surface area (Å²) in [7, 11) is 4.70. The minimum atomic E-state index is -0.438. The van der Waals surface area contributed by atoms with Gasteiger partial charge in [0.15, 0.2) is 0 Å². The summed E-state index contributed by atoms with van der Waals surface area (Å²) in [4.78, 5) is 28.3. The highest BCUT2D eigenvalue weighted by Gasteiger charge is 2.34. The Kier molecular flexibility index (Phi) is 8.94. The molecule has 1 aliphatic heterocycles. The Bertz CT molecular complexity index is 1280. The molecule has 1 heterocycles. The molecule has 0 radical (unpaired) electrons. The largest absolute Gasteiger partial charge is 0.497 e. The molecule has 0 fully saturated rings. The molecule has 0 saturated heterocycles. The van der Waals surface area contributed by atoms with Crippen molar-refractivity contribution in [1.82, 2.24) is 9.91 Å².